The largest absolute Gasteiger partial charge is 0.462 e. The van der Waals surface area contributed by atoms with Crippen LogP contribution < -0.4 is 0 Å². The van der Waals surface area contributed by atoms with E-state index in [1.165, 1.54) is 231 Å². The molecule has 0 heterocycles. The van der Waals surface area contributed by atoms with Crippen molar-refractivity contribution < 1.29 is 28.6 Å². The summed E-state index contributed by atoms with van der Waals surface area (Å²) >= 11 is 0. The van der Waals surface area contributed by atoms with Crippen molar-refractivity contribution in [3.63, 3.8) is 0 Å². The lowest BCUT2D eigenvalue weighted by Gasteiger charge is -2.18. The highest BCUT2D eigenvalue weighted by Crippen LogP contribution is 2.18. The van der Waals surface area contributed by atoms with E-state index in [2.05, 4.69) is 93.7 Å². The van der Waals surface area contributed by atoms with Gasteiger partial charge in [0.25, 0.3) is 0 Å². The van der Waals surface area contributed by atoms with E-state index in [1.807, 2.05) is 0 Å². The van der Waals surface area contributed by atoms with Gasteiger partial charge in [-0.25, -0.2) is 0 Å². The standard InChI is InChI=1S/C75H134O6/c1-4-7-10-13-16-19-21-23-25-27-29-31-32-33-34-35-36-37-38-39-40-41-42-44-45-47-49-51-53-56-59-62-65-68-74(77)80-71-72(70-79-73(76)67-64-61-58-55-18-15-12-9-6-3)81-75(78)69-66-63-60-57-54-52-50-48-46-43-30-28-26-24-22-20-17-14-11-8-5-2/h8,11,17,20,24,26,30,43,48,50,54,57,72H,4-7,9-10,12-16,18-19,21-23,25,27-29,31-42,44-47,49,51-53,55-56,58-71H2,1-3H3/b11-8-,20-17-,26-24-,43-30-,50-48-,57-54-. The van der Waals surface area contributed by atoms with Crippen LogP contribution in [0.4, 0.5) is 0 Å². The Labute approximate surface area is 503 Å². The summed E-state index contributed by atoms with van der Waals surface area (Å²) in [6.45, 7) is 6.52. The van der Waals surface area contributed by atoms with Gasteiger partial charge in [-0.05, 0) is 70.6 Å². The van der Waals surface area contributed by atoms with Crippen LogP contribution >= 0.6 is 0 Å². The predicted octanol–water partition coefficient (Wildman–Crippen LogP) is 24.4. The predicted molar refractivity (Wildman–Crippen MR) is 353 cm³/mol. The van der Waals surface area contributed by atoms with Gasteiger partial charge in [-0.3, -0.25) is 14.4 Å². The summed E-state index contributed by atoms with van der Waals surface area (Å²) in [5.74, 6) is -0.919. The zero-order valence-corrected chi connectivity index (χ0v) is 54.1. The fourth-order valence-corrected chi connectivity index (χ4v) is 10.5. The SMILES string of the molecule is CC/C=C\C/C=C\C/C=C\C/C=C\C/C=C\C/C=C\CCCCC(=O)OC(COC(=O)CCCCCCCCCCC)COC(=O)CCCCCCCCCCCCCCCCCCCCCCCCCCCCCCCCCCC. The number of rotatable bonds is 65. The summed E-state index contributed by atoms with van der Waals surface area (Å²) in [6, 6.07) is 0. The van der Waals surface area contributed by atoms with Crippen molar-refractivity contribution in [2.45, 2.75) is 374 Å². The van der Waals surface area contributed by atoms with E-state index < -0.39 is 6.10 Å². The average molecular weight is 1130 g/mol. The molecule has 0 fully saturated rings. The summed E-state index contributed by atoms with van der Waals surface area (Å²) in [5.41, 5.74) is 0. The molecule has 6 nitrogen and oxygen atoms in total. The number of unbranched alkanes of at least 4 members (excludes halogenated alkanes) is 42. The third kappa shape index (κ3) is 67.5. The maximum atomic E-state index is 12.9. The molecule has 0 aromatic heterocycles. The molecule has 1 atom stereocenters. The number of carbonyl (C=O) groups excluding carboxylic acids is 3. The number of allylic oxidation sites excluding steroid dienone is 12. The van der Waals surface area contributed by atoms with E-state index in [0.717, 1.165) is 89.9 Å². The number of carbonyl (C=O) groups is 3. The highest BCUT2D eigenvalue weighted by atomic mass is 16.6. The monoisotopic (exact) mass is 1130 g/mol. The Balaban J connectivity index is 4.10. The molecule has 0 aliphatic carbocycles. The Morgan fingerprint density at radius 1 is 0.259 bits per heavy atom. The van der Waals surface area contributed by atoms with Crippen molar-refractivity contribution in [2.24, 2.45) is 0 Å². The fraction of sp³-hybridized carbons (Fsp3) is 0.800. The van der Waals surface area contributed by atoms with Gasteiger partial charge in [-0.15, -0.1) is 0 Å². The molecule has 0 bridgehead atoms. The molecule has 0 spiro atoms. The second-order valence-corrected chi connectivity index (χ2v) is 23.8. The smallest absolute Gasteiger partial charge is 0.306 e. The molecule has 0 rings (SSSR count). The Kier molecular flexibility index (Phi) is 66.6. The zero-order valence-electron chi connectivity index (χ0n) is 54.1. The third-order valence-electron chi connectivity index (χ3n) is 15.7. The molecule has 81 heavy (non-hydrogen) atoms. The quantitative estimate of drug-likeness (QED) is 0.0261. The van der Waals surface area contributed by atoms with Crippen LogP contribution in [0.25, 0.3) is 0 Å². The van der Waals surface area contributed by atoms with Gasteiger partial charge in [0.1, 0.15) is 13.2 Å². The van der Waals surface area contributed by atoms with Gasteiger partial charge in [0.2, 0.25) is 0 Å². The van der Waals surface area contributed by atoms with Crippen molar-refractivity contribution in [1.29, 1.82) is 0 Å². The first-order valence-corrected chi connectivity index (χ1v) is 35.4. The normalized spacial score (nSPS) is 12.5. The molecule has 0 N–H and O–H groups in total. The first-order valence-electron chi connectivity index (χ1n) is 35.4. The minimum Gasteiger partial charge on any atom is -0.462 e. The molecule has 0 aromatic rings. The first kappa shape index (κ1) is 77.9. The van der Waals surface area contributed by atoms with Crippen LogP contribution in [0.5, 0.6) is 0 Å². The van der Waals surface area contributed by atoms with Gasteiger partial charge >= 0.3 is 17.9 Å². The van der Waals surface area contributed by atoms with E-state index in [-0.39, 0.29) is 37.5 Å². The average Bonchev–Trinajstić information content (AvgIpc) is 3.47. The molecule has 0 amide bonds. The molecule has 470 valence electrons. The number of hydrogen-bond donors (Lipinski definition) is 0. The van der Waals surface area contributed by atoms with Crippen LogP contribution in [-0.2, 0) is 28.6 Å². The maximum absolute atomic E-state index is 12.9. The summed E-state index contributed by atoms with van der Waals surface area (Å²) in [5, 5.41) is 0. The molecule has 6 heteroatoms. The van der Waals surface area contributed by atoms with Crippen LogP contribution in [0.15, 0.2) is 72.9 Å². The van der Waals surface area contributed by atoms with Crippen molar-refractivity contribution in [3.8, 4) is 0 Å². The Hall–Kier alpha value is -3.15. The van der Waals surface area contributed by atoms with Crippen LogP contribution in [0.2, 0.25) is 0 Å². The van der Waals surface area contributed by atoms with Crippen molar-refractivity contribution in [3.05, 3.63) is 72.9 Å². The number of esters is 3. The summed E-state index contributed by atoms with van der Waals surface area (Å²) < 4.78 is 16.9. The van der Waals surface area contributed by atoms with E-state index >= 15 is 0 Å². The third-order valence-corrected chi connectivity index (χ3v) is 15.7. The lowest BCUT2D eigenvalue weighted by atomic mass is 10.0. The Morgan fingerprint density at radius 2 is 0.481 bits per heavy atom. The molecular weight excluding hydrogens is 997 g/mol. The second-order valence-electron chi connectivity index (χ2n) is 23.8. The molecule has 0 saturated carbocycles. The summed E-state index contributed by atoms with van der Waals surface area (Å²) in [4.78, 5) is 38.2. The van der Waals surface area contributed by atoms with Gasteiger partial charge in [0.05, 0.1) is 0 Å². The van der Waals surface area contributed by atoms with Crippen molar-refractivity contribution in [1.82, 2.24) is 0 Å². The van der Waals surface area contributed by atoms with Gasteiger partial charge in [-0.2, -0.15) is 0 Å². The second kappa shape index (κ2) is 69.3. The first-order chi connectivity index (χ1) is 40.0. The fourth-order valence-electron chi connectivity index (χ4n) is 10.5. The highest BCUT2D eigenvalue weighted by molar-refractivity contribution is 5.71. The molecule has 0 radical (unpaired) electrons. The van der Waals surface area contributed by atoms with E-state index in [4.69, 9.17) is 14.2 Å². The molecule has 1 unspecified atom stereocenters. The topological polar surface area (TPSA) is 78.9 Å². The van der Waals surface area contributed by atoms with Crippen molar-refractivity contribution in [2.75, 3.05) is 13.2 Å². The Morgan fingerprint density at radius 3 is 0.753 bits per heavy atom. The molecule has 0 aromatic carbocycles. The number of ether oxygens (including phenoxy) is 3. The number of hydrogen-bond acceptors (Lipinski definition) is 6. The van der Waals surface area contributed by atoms with Gasteiger partial charge in [0.15, 0.2) is 6.10 Å². The van der Waals surface area contributed by atoms with Gasteiger partial charge in [0, 0.05) is 19.3 Å². The summed E-state index contributed by atoms with van der Waals surface area (Å²) in [6.07, 6.45) is 91.1. The minimum atomic E-state index is -0.796. The maximum Gasteiger partial charge on any atom is 0.306 e. The Bertz CT molecular complexity index is 1490. The van der Waals surface area contributed by atoms with Crippen LogP contribution in [0.3, 0.4) is 0 Å². The van der Waals surface area contributed by atoms with Crippen molar-refractivity contribution >= 4 is 17.9 Å². The highest BCUT2D eigenvalue weighted by Gasteiger charge is 2.19. The molecule has 0 aliphatic heterocycles. The van der Waals surface area contributed by atoms with E-state index in [0.29, 0.717) is 19.3 Å². The van der Waals surface area contributed by atoms with Crippen LogP contribution in [0.1, 0.15) is 367 Å². The van der Waals surface area contributed by atoms with Crippen LogP contribution in [0, 0.1) is 0 Å². The van der Waals surface area contributed by atoms with E-state index in [1.54, 1.807) is 0 Å². The lowest BCUT2D eigenvalue weighted by molar-refractivity contribution is -0.167. The van der Waals surface area contributed by atoms with Gasteiger partial charge in [-0.1, -0.05) is 351 Å². The van der Waals surface area contributed by atoms with Gasteiger partial charge < -0.3 is 14.2 Å². The summed E-state index contributed by atoms with van der Waals surface area (Å²) in [7, 11) is 0. The minimum absolute atomic E-state index is 0.0892. The molecular formula is C75H134O6. The molecule has 0 aliphatic rings. The lowest BCUT2D eigenvalue weighted by Crippen LogP contribution is -2.30. The van der Waals surface area contributed by atoms with Crippen LogP contribution in [-0.4, -0.2) is 37.2 Å². The zero-order chi connectivity index (χ0) is 58.5. The molecule has 0 saturated heterocycles. The van der Waals surface area contributed by atoms with E-state index in [9.17, 15) is 14.4 Å².